The van der Waals surface area contributed by atoms with Crippen molar-refractivity contribution in [2.24, 2.45) is 0 Å². The quantitative estimate of drug-likeness (QED) is 0.798. The van der Waals surface area contributed by atoms with Crippen molar-refractivity contribution in [2.75, 3.05) is 5.32 Å². The second-order valence-corrected chi connectivity index (χ2v) is 5.88. The van der Waals surface area contributed by atoms with Gasteiger partial charge in [0.25, 0.3) is 11.5 Å². The Labute approximate surface area is 144 Å². The molecular weight excluding hydrogens is 316 g/mol. The molecule has 0 radical (unpaired) electrons. The number of rotatable bonds is 3. The molecule has 0 bridgehead atoms. The number of nitrogens with one attached hydrogen (secondary N) is 1. The van der Waals surface area contributed by atoms with E-state index in [-0.39, 0.29) is 17.3 Å². The summed E-state index contributed by atoms with van der Waals surface area (Å²) in [6, 6.07) is 15.3. The third-order valence-electron chi connectivity index (χ3n) is 3.80. The summed E-state index contributed by atoms with van der Waals surface area (Å²) in [5, 5.41) is 16.8. The number of aromatic nitrogens is 2. The number of nitriles is 1. The minimum atomic E-state index is -0.407. The van der Waals surface area contributed by atoms with Crippen LogP contribution in [0, 0.1) is 11.3 Å². The van der Waals surface area contributed by atoms with Gasteiger partial charge in [-0.15, -0.1) is 0 Å². The fraction of sp³-hybridized carbons (Fsp3) is 0.158. The number of fused-ring (bicyclic) bond motifs is 1. The average molecular weight is 332 g/mol. The highest BCUT2D eigenvalue weighted by molar-refractivity contribution is 6.11. The van der Waals surface area contributed by atoms with E-state index >= 15 is 0 Å². The smallest absolute Gasteiger partial charge is 0.276 e. The van der Waals surface area contributed by atoms with Gasteiger partial charge < -0.3 is 5.32 Å². The molecule has 25 heavy (non-hydrogen) atoms. The minimum Gasteiger partial charge on any atom is -0.321 e. The van der Waals surface area contributed by atoms with Crippen molar-refractivity contribution in [2.45, 2.75) is 19.9 Å². The number of amides is 1. The van der Waals surface area contributed by atoms with Crippen molar-refractivity contribution >= 4 is 22.4 Å². The normalized spacial score (nSPS) is 10.6. The van der Waals surface area contributed by atoms with Crippen LogP contribution in [0.3, 0.4) is 0 Å². The summed E-state index contributed by atoms with van der Waals surface area (Å²) in [6.07, 6.45) is 0. The summed E-state index contributed by atoms with van der Waals surface area (Å²) in [5.74, 6) is -0.407. The van der Waals surface area contributed by atoms with Gasteiger partial charge in [-0.2, -0.15) is 10.4 Å². The van der Waals surface area contributed by atoms with E-state index in [0.29, 0.717) is 22.0 Å². The van der Waals surface area contributed by atoms with Gasteiger partial charge in [0.05, 0.1) is 23.1 Å². The van der Waals surface area contributed by atoms with Crippen LogP contribution in [0.5, 0.6) is 0 Å². The standard InChI is InChI=1S/C19H16N4O2/c1-12(2)23-19(25)16-6-4-3-5-15(16)17(22-23)18(24)21-14-9-7-13(11-20)8-10-14/h3-10,12H,1-2H3,(H,21,24). The largest absolute Gasteiger partial charge is 0.321 e. The van der Waals surface area contributed by atoms with Gasteiger partial charge in [-0.1, -0.05) is 18.2 Å². The van der Waals surface area contributed by atoms with Crippen molar-refractivity contribution in [3.63, 3.8) is 0 Å². The Morgan fingerprint density at radius 3 is 2.36 bits per heavy atom. The molecule has 3 aromatic rings. The van der Waals surface area contributed by atoms with E-state index in [0.717, 1.165) is 0 Å². The third-order valence-corrected chi connectivity index (χ3v) is 3.80. The van der Waals surface area contributed by atoms with Crippen LogP contribution in [0.2, 0.25) is 0 Å². The molecule has 124 valence electrons. The maximum atomic E-state index is 12.7. The summed E-state index contributed by atoms with van der Waals surface area (Å²) in [7, 11) is 0. The number of anilines is 1. The molecule has 1 aromatic heterocycles. The summed E-state index contributed by atoms with van der Waals surface area (Å²) in [5.41, 5.74) is 1.03. The van der Waals surface area contributed by atoms with Gasteiger partial charge in [0.15, 0.2) is 5.69 Å². The highest BCUT2D eigenvalue weighted by Gasteiger charge is 2.17. The van der Waals surface area contributed by atoms with Gasteiger partial charge in [-0.3, -0.25) is 9.59 Å². The van der Waals surface area contributed by atoms with E-state index in [9.17, 15) is 9.59 Å². The van der Waals surface area contributed by atoms with E-state index < -0.39 is 5.91 Å². The highest BCUT2D eigenvalue weighted by atomic mass is 16.2. The zero-order chi connectivity index (χ0) is 18.0. The maximum absolute atomic E-state index is 12.7. The van der Waals surface area contributed by atoms with E-state index in [2.05, 4.69) is 10.4 Å². The molecule has 6 heteroatoms. The van der Waals surface area contributed by atoms with Gasteiger partial charge in [0.1, 0.15) is 0 Å². The zero-order valence-corrected chi connectivity index (χ0v) is 13.9. The summed E-state index contributed by atoms with van der Waals surface area (Å²) < 4.78 is 1.32. The lowest BCUT2D eigenvalue weighted by molar-refractivity contribution is 0.102. The molecule has 3 rings (SSSR count). The predicted molar refractivity (Wildman–Crippen MR) is 95.5 cm³/mol. The molecule has 0 aliphatic carbocycles. The molecule has 1 N–H and O–H groups in total. The number of carbonyl (C=O) groups is 1. The van der Waals surface area contributed by atoms with E-state index in [1.165, 1.54) is 4.68 Å². The number of carbonyl (C=O) groups excluding carboxylic acids is 1. The van der Waals surface area contributed by atoms with E-state index in [1.54, 1.807) is 48.5 Å². The molecule has 2 aromatic carbocycles. The molecule has 0 atom stereocenters. The Kier molecular flexibility index (Phi) is 4.31. The number of nitrogens with zero attached hydrogens (tertiary/aromatic N) is 3. The molecule has 6 nitrogen and oxygen atoms in total. The van der Waals surface area contributed by atoms with Gasteiger partial charge in [-0.25, -0.2) is 4.68 Å². The molecular formula is C19H16N4O2. The second-order valence-electron chi connectivity index (χ2n) is 5.88. The zero-order valence-electron chi connectivity index (χ0n) is 13.9. The summed E-state index contributed by atoms with van der Waals surface area (Å²) >= 11 is 0. The first kappa shape index (κ1) is 16.4. The first-order valence-corrected chi connectivity index (χ1v) is 7.84. The second kappa shape index (κ2) is 6.57. The topological polar surface area (TPSA) is 87.8 Å². The number of benzene rings is 2. The maximum Gasteiger partial charge on any atom is 0.276 e. The van der Waals surface area contributed by atoms with Gasteiger partial charge in [0.2, 0.25) is 0 Å². The van der Waals surface area contributed by atoms with Crippen molar-refractivity contribution in [1.82, 2.24) is 9.78 Å². The van der Waals surface area contributed by atoms with Crippen molar-refractivity contribution in [3.8, 4) is 6.07 Å². The Balaban J connectivity index is 2.07. The van der Waals surface area contributed by atoms with Crippen LogP contribution in [-0.2, 0) is 0 Å². The van der Waals surface area contributed by atoms with Crippen LogP contribution < -0.4 is 10.9 Å². The van der Waals surface area contributed by atoms with Crippen LogP contribution >= 0.6 is 0 Å². The lowest BCUT2D eigenvalue weighted by Crippen LogP contribution is -2.28. The van der Waals surface area contributed by atoms with E-state index in [1.807, 2.05) is 19.9 Å². The average Bonchev–Trinajstić information content (AvgIpc) is 2.62. The van der Waals surface area contributed by atoms with Crippen LogP contribution in [0.1, 0.15) is 35.9 Å². The van der Waals surface area contributed by atoms with Crippen LogP contribution in [0.15, 0.2) is 53.3 Å². The predicted octanol–water partition coefficient (Wildman–Crippen LogP) is 3.10. The Hall–Kier alpha value is -3.46. The van der Waals surface area contributed by atoms with E-state index in [4.69, 9.17) is 5.26 Å². The molecule has 0 saturated carbocycles. The molecule has 0 unspecified atom stereocenters. The number of hydrogen-bond donors (Lipinski definition) is 1. The molecule has 0 spiro atoms. The Bertz CT molecular complexity index is 1040. The molecule has 0 aliphatic heterocycles. The minimum absolute atomic E-state index is 0.168. The summed E-state index contributed by atoms with van der Waals surface area (Å²) in [4.78, 5) is 25.2. The van der Waals surface area contributed by atoms with Crippen LogP contribution in [0.25, 0.3) is 10.8 Å². The molecule has 1 amide bonds. The van der Waals surface area contributed by atoms with Crippen LogP contribution in [0.4, 0.5) is 5.69 Å². The first-order chi connectivity index (χ1) is 12.0. The SMILES string of the molecule is CC(C)n1nc(C(=O)Nc2ccc(C#N)cc2)c2ccccc2c1=O. The Morgan fingerprint density at radius 2 is 1.76 bits per heavy atom. The van der Waals surface area contributed by atoms with Gasteiger partial charge >= 0.3 is 0 Å². The van der Waals surface area contributed by atoms with Gasteiger partial charge in [0, 0.05) is 11.1 Å². The monoisotopic (exact) mass is 332 g/mol. The molecule has 1 heterocycles. The summed E-state index contributed by atoms with van der Waals surface area (Å²) in [6.45, 7) is 3.68. The van der Waals surface area contributed by atoms with Crippen molar-refractivity contribution < 1.29 is 4.79 Å². The lowest BCUT2D eigenvalue weighted by atomic mass is 10.1. The molecule has 0 fully saturated rings. The van der Waals surface area contributed by atoms with Crippen molar-refractivity contribution in [1.29, 1.82) is 5.26 Å². The fourth-order valence-electron chi connectivity index (χ4n) is 2.54. The number of hydrogen-bond acceptors (Lipinski definition) is 4. The Morgan fingerprint density at radius 1 is 1.12 bits per heavy atom. The first-order valence-electron chi connectivity index (χ1n) is 7.84. The lowest BCUT2D eigenvalue weighted by Gasteiger charge is -2.13. The molecule has 0 saturated heterocycles. The van der Waals surface area contributed by atoms with Crippen LogP contribution in [-0.4, -0.2) is 15.7 Å². The fourth-order valence-corrected chi connectivity index (χ4v) is 2.54. The third kappa shape index (κ3) is 3.12. The van der Waals surface area contributed by atoms with Gasteiger partial charge in [-0.05, 0) is 44.2 Å². The molecule has 0 aliphatic rings. The highest BCUT2D eigenvalue weighted by Crippen LogP contribution is 2.17. The van der Waals surface area contributed by atoms with Crippen molar-refractivity contribution in [3.05, 3.63) is 70.1 Å².